The molecule has 11 nitrogen and oxygen atoms in total. The molecule has 1 aromatic carbocycles. The lowest BCUT2D eigenvalue weighted by atomic mass is 10.2. The average Bonchev–Trinajstić information content (AvgIpc) is 2.69. The molecule has 2 aromatic rings. The standard InChI is InChI=1S/C18H24N6O5/c1-13(25)21-14-4-6-15(7-5-14)22-17-16(24(26)27)18(20-12-19-17)23(8-10-28-2)9-11-29-3/h4-7,12H,8-11H2,1-3H3,(H,21,25)(H,19,20,22). The summed E-state index contributed by atoms with van der Waals surface area (Å²) in [6, 6.07) is 6.73. The molecule has 2 rings (SSSR count). The van der Waals surface area contributed by atoms with Crippen molar-refractivity contribution in [1.29, 1.82) is 0 Å². The highest BCUT2D eigenvalue weighted by Crippen LogP contribution is 2.33. The molecule has 0 spiro atoms. The first-order chi connectivity index (χ1) is 14.0. The van der Waals surface area contributed by atoms with E-state index in [0.717, 1.165) is 0 Å². The smallest absolute Gasteiger partial charge is 0.353 e. The highest BCUT2D eigenvalue weighted by molar-refractivity contribution is 5.89. The molecule has 29 heavy (non-hydrogen) atoms. The fourth-order valence-electron chi connectivity index (χ4n) is 2.56. The molecule has 2 N–H and O–H groups in total. The van der Waals surface area contributed by atoms with E-state index in [0.29, 0.717) is 37.7 Å². The predicted molar refractivity (Wildman–Crippen MR) is 109 cm³/mol. The van der Waals surface area contributed by atoms with Gasteiger partial charge in [0.15, 0.2) is 0 Å². The van der Waals surface area contributed by atoms with Gasteiger partial charge >= 0.3 is 5.69 Å². The van der Waals surface area contributed by atoms with Gasteiger partial charge in [0, 0.05) is 45.6 Å². The van der Waals surface area contributed by atoms with Gasteiger partial charge in [-0.3, -0.25) is 14.9 Å². The van der Waals surface area contributed by atoms with Crippen LogP contribution in [-0.4, -0.2) is 61.3 Å². The number of nitrogens with zero attached hydrogens (tertiary/aromatic N) is 4. The summed E-state index contributed by atoms with van der Waals surface area (Å²) in [5, 5.41) is 17.4. The quantitative estimate of drug-likeness (QED) is 0.427. The second-order valence-electron chi connectivity index (χ2n) is 6.01. The molecule has 11 heteroatoms. The Morgan fingerprint density at radius 2 is 1.69 bits per heavy atom. The van der Waals surface area contributed by atoms with E-state index in [1.54, 1.807) is 43.4 Å². The maximum Gasteiger partial charge on any atom is 0.353 e. The van der Waals surface area contributed by atoms with Crippen LogP contribution in [0.5, 0.6) is 0 Å². The van der Waals surface area contributed by atoms with Crippen LogP contribution in [-0.2, 0) is 14.3 Å². The van der Waals surface area contributed by atoms with Gasteiger partial charge in [0.2, 0.25) is 17.5 Å². The number of nitrogens with one attached hydrogen (secondary N) is 2. The van der Waals surface area contributed by atoms with Crippen molar-refractivity contribution in [2.75, 3.05) is 56.1 Å². The summed E-state index contributed by atoms with van der Waals surface area (Å²) < 4.78 is 10.2. The Bertz CT molecular complexity index is 822. The molecule has 0 bridgehead atoms. The fraction of sp³-hybridized carbons (Fsp3) is 0.389. The van der Waals surface area contributed by atoms with Gasteiger partial charge in [-0.2, -0.15) is 0 Å². The number of rotatable bonds is 11. The Morgan fingerprint density at radius 1 is 1.10 bits per heavy atom. The molecule has 0 radical (unpaired) electrons. The van der Waals surface area contributed by atoms with E-state index >= 15 is 0 Å². The van der Waals surface area contributed by atoms with Crippen molar-refractivity contribution in [3.05, 3.63) is 40.7 Å². The molecule has 0 aliphatic rings. The first kappa shape index (κ1) is 22.0. The summed E-state index contributed by atoms with van der Waals surface area (Å²) >= 11 is 0. The Morgan fingerprint density at radius 3 is 2.21 bits per heavy atom. The second kappa shape index (κ2) is 10.9. The third kappa shape index (κ3) is 6.36. The lowest BCUT2D eigenvalue weighted by Crippen LogP contribution is -2.32. The zero-order valence-corrected chi connectivity index (χ0v) is 16.5. The van der Waals surface area contributed by atoms with Crippen LogP contribution in [0.3, 0.4) is 0 Å². The van der Waals surface area contributed by atoms with Gasteiger partial charge in [-0.15, -0.1) is 0 Å². The van der Waals surface area contributed by atoms with Crippen LogP contribution in [0, 0.1) is 10.1 Å². The number of amides is 1. The number of carbonyl (C=O) groups is 1. The summed E-state index contributed by atoms with van der Waals surface area (Å²) in [5.74, 6) is 0.0533. The SMILES string of the molecule is COCCN(CCOC)c1ncnc(Nc2ccc(NC(C)=O)cc2)c1[N+](=O)[O-]. The lowest BCUT2D eigenvalue weighted by molar-refractivity contribution is -0.383. The van der Waals surface area contributed by atoms with Gasteiger partial charge in [-0.25, -0.2) is 9.97 Å². The van der Waals surface area contributed by atoms with Gasteiger partial charge in [0.05, 0.1) is 18.1 Å². The molecule has 0 aliphatic heterocycles. The number of benzene rings is 1. The number of aromatic nitrogens is 2. The molecule has 1 heterocycles. The lowest BCUT2D eigenvalue weighted by Gasteiger charge is -2.23. The van der Waals surface area contributed by atoms with E-state index < -0.39 is 4.92 Å². The zero-order chi connectivity index (χ0) is 21.2. The van der Waals surface area contributed by atoms with Gasteiger partial charge < -0.3 is 25.0 Å². The summed E-state index contributed by atoms with van der Waals surface area (Å²) in [4.78, 5) is 32.3. The number of hydrogen-bond donors (Lipinski definition) is 2. The van der Waals surface area contributed by atoms with Crippen molar-refractivity contribution in [3.8, 4) is 0 Å². The normalized spacial score (nSPS) is 10.4. The van der Waals surface area contributed by atoms with E-state index in [4.69, 9.17) is 9.47 Å². The number of methoxy groups -OCH3 is 2. The first-order valence-corrected chi connectivity index (χ1v) is 8.83. The minimum absolute atomic E-state index is 0.0621. The summed E-state index contributed by atoms with van der Waals surface area (Å²) in [5.41, 5.74) is 0.948. The van der Waals surface area contributed by atoms with Crippen molar-refractivity contribution >= 4 is 34.6 Å². The first-order valence-electron chi connectivity index (χ1n) is 8.83. The van der Waals surface area contributed by atoms with Gasteiger partial charge in [-0.05, 0) is 24.3 Å². The summed E-state index contributed by atoms with van der Waals surface area (Å²) in [7, 11) is 3.11. The van der Waals surface area contributed by atoms with Crippen LogP contribution in [0.4, 0.5) is 28.7 Å². The van der Waals surface area contributed by atoms with E-state index in [-0.39, 0.29) is 23.2 Å². The third-order valence-electron chi connectivity index (χ3n) is 3.88. The molecule has 0 saturated carbocycles. The van der Waals surface area contributed by atoms with E-state index in [1.807, 2.05) is 0 Å². The minimum atomic E-state index is -0.518. The van der Waals surface area contributed by atoms with Crippen molar-refractivity contribution in [2.24, 2.45) is 0 Å². The van der Waals surface area contributed by atoms with Crippen LogP contribution in [0.25, 0.3) is 0 Å². The Hall–Kier alpha value is -3.31. The maximum absolute atomic E-state index is 11.8. The van der Waals surface area contributed by atoms with Crippen LogP contribution in [0.2, 0.25) is 0 Å². The van der Waals surface area contributed by atoms with E-state index in [2.05, 4.69) is 20.6 Å². The van der Waals surface area contributed by atoms with Crippen LogP contribution >= 0.6 is 0 Å². The molecule has 156 valence electrons. The van der Waals surface area contributed by atoms with Gasteiger partial charge in [-0.1, -0.05) is 0 Å². The van der Waals surface area contributed by atoms with Crippen molar-refractivity contribution in [3.63, 3.8) is 0 Å². The van der Waals surface area contributed by atoms with Crippen molar-refractivity contribution < 1.29 is 19.2 Å². The Kier molecular flexibility index (Phi) is 8.25. The highest BCUT2D eigenvalue weighted by atomic mass is 16.6. The number of hydrogen-bond acceptors (Lipinski definition) is 9. The van der Waals surface area contributed by atoms with Crippen LogP contribution in [0.1, 0.15) is 6.92 Å². The molecule has 0 fully saturated rings. The number of carbonyl (C=O) groups excluding carboxylic acids is 1. The zero-order valence-electron chi connectivity index (χ0n) is 16.5. The van der Waals surface area contributed by atoms with E-state index in [9.17, 15) is 14.9 Å². The summed E-state index contributed by atoms with van der Waals surface area (Å²) in [6.45, 7) is 2.97. The topological polar surface area (TPSA) is 132 Å². The summed E-state index contributed by atoms with van der Waals surface area (Å²) in [6.07, 6.45) is 1.27. The minimum Gasteiger partial charge on any atom is -0.383 e. The molecule has 1 amide bonds. The molecule has 0 saturated heterocycles. The molecular formula is C18H24N6O5. The Labute approximate surface area is 168 Å². The molecule has 0 aliphatic carbocycles. The van der Waals surface area contributed by atoms with Crippen molar-refractivity contribution in [2.45, 2.75) is 6.92 Å². The molecule has 0 atom stereocenters. The number of nitro groups is 1. The number of ether oxygens (including phenoxy) is 2. The van der Waals surface area contributed by atoms with Gasteiger partial charge in [0.1, 0.15) is 6.33 Å². The third-order valence-corrected chi connectivity index (χ3v) is 3.88. The van der Waals surface area contributed by atoms with Gasteiger partial charge in [0.25, 0.3) is 0 Å². The van der Waals surface area contributed by atoms with Crippen molar-refractivity contribution in [1.82, 2.24) is 9.97 Å². The number of anilines is 4. The average molecular weight is 404 g/mol. The monoisotopic (exact) mass is 404 g/mol. The molecule has 1 aromatic heterocycles. The predicted octanol–water partition coefficient (Wildman–Crippen LogP) is 2.19. The van der Waals surface area contributed by atoms with Crippen LogP contribution < -0.4 is 15.5 Å². The highest BCUT2D eigenvalue weighted by Gasteiger charge is 2.27. The largest absolute Gasteiger partial charge is 0.383 e. The molecular weight excluding hydrogens is 380 g/mol. The molecule has 0 unspecified atom stereocenters. The second-order valence-corrected chi connectivity index (χ2v) is 6.01. The maximum atomic E-state index is 11.8. The van der Waals surface area contributed by atoms with Crippen LogP contribution in [0.15, 0.2) is 30.6 Å². The Balaban J connectivity index is 2.33. The van der Waals surface area contributed by atoms with E-state index in [1.165, 1.54) is 13.3 Å². The fourth-order valence-corrected chi connectivity index (χ4v) is 2.56.